The molecule has 0 aliphatic carbocycles. The molecule has 0 bridgehead atoms. The predicted octanol–water partition coefficient (Wildman–Crippen LogP) is 2.52. The maximum absolute atomic E-state index is 9.21. The van der Waals surface area contributed by atoms with Crippen LogP contribution in [-0.2, 0) is 13.2 Å². The largest absolute Gasteiger partial charge is 0.486 e. The van der Waals surface area contributed by atoms with Crippen molar-refractivity contribution < 1.29 is 9.84 Å². The van der Waals surface area contributed by atoms with Crippen LogP contribution >= 0.6 is 11.3 Å². The van der Waals surface area contributed by atoms with Crippen molar-refractivity contribution in [2.45, 2.75) is 20.1 Å². The third kappa shape index (κ3) is 2.59. The standard InChI is InChI=1S/C12H13NO2S/c1-9-2-3-11(10(6-9)7-14)15-8-12-13-4-5-16-12/h2-6,14H,7-8H2,1H3. The minimum atomic E-state index is -0.00508. The van der Waals surface area contributed by atoms with Crippen molar-refractivity contribution in [2.24, 2.45) is 0 Å². The van der Waals surface area contributed by atoms with Crippen molar-refractivity contribution in [1.29, 1.82) is 0 Å². The summed E-state index contributed by atoms with van der Waals surface area (Å²) in [5, 5.41) is 12.1. The van der Waals surface area contributed by atoms with E-state index in [2.05, 4.69) is 4.98 Å². The second-order valence-electron chi connectivity index (χ2n) is 3.48. The van der Waals surface area contributed by atoms with E-state index in [9.17, 15) is 5.11 Å². The molecule has 0 unspecified atom stereocenters. The molecule has 0 fully saturated rings. The molecule has 0 radical (unpaired) electrons. The monoisotopic (exact) mass is 235 g/mol. The molecule has 0 aliphatic heterocycles. The van der Waals surface area contributed by atoms with Gasteiger partial charge in [0.25, 0.3) is 0 Å². The van der Waals surface area contributed by atoms with Gasteiger partial charge >= 0.3 is 0 Å². The molecule has 0 saturated heterocycles. The molecule has 0 atom stereocenters. The van der Waals surface area contributed by atoms with E-state index in [0.717, 1.165) is 21.9 Å². The van der Waals surface area contributed by atoms with Gasteiger partial charge in [0.2, 0.25) is 0 Å². The minimum Gasteiger partial charge on any atom is -0.486 e. The number of aryl methyl sites for hydroxylation is 1. The lowest BCUT2D eigenvalue weighted by Crippen LogP contribution is -1.98. The lowest BCUT2D eigenvalue weighted by atomic mass is 10.1. The number of ether oxygens (including phenoxy) is 1. The minimum absolute atomic E-state index is 0.00508. The summed E-state index contributed by atoms with van der Waals surface area (Å²) in [4.78, 5) is 4.14. The van der Waals surface area contributed by atoms with Gasteiger partial charge in [0.05, 0.1) is 6.61 Å². The molecule has 0 spiro atoms. The van der Waals surface area contributed by atoms with Crippen molar-refractivity contribution >= 4 is 11.3 Å². The van der Waals surface area contributed by atoms with Crippen LogP contribution in [0.25, 0.3) is 0 Å². The Balaban J connectivity index is 2.09. The van der Waals surface area contributed by atoms with Crippen molar-refractivity contribution in [1.82, 2.24) is 4.98 Å². The highest BCUT2D eigenvalue weighted by Gasteiger charge is 2.04. The molecular weight excluding hydrogens is 222 g/mol. The molecule has 0 saturated carbocycles. The molecule has 1 N–H and O–H groups in total. The molecule has 1 heterocycles. The Labute approximate surface area is 98.4 Å². The van der Waals surface area contributed by atoms with Crippen LogP contribution in [0.15, 0.2) is 29.8 Å². The van der Waals surface area contributed by atoms with Gasteiger partial charge < -0.3 is 9.84 Å². The Hall–Kier alpha value is -1.39. The first-order valence-corrected chi connectivity index (χ1v) is 5.89. The summed E-state index contributed by atoms with van der Waals surface area (Å²) in [5.74, 6) is 0.725. The van der Waals surface area contributed by atoms with Gasteiger partial charge in [0, 0.05) is 17.1 Å². The van der Waals surface area contributed by atoms with E-state index >= 15 is 0 Å². The fraction of sp³-hybridized carbons (Fsp3) is 0.250. The number of hydrogen-bond acceptors (Lipinski definition) is 4. The zero-order valence-electron chi connectivity index (χ0n) is 9.01. The third-order valence-corrected chi connectivity index (χ3v) is 2.97. The Kier molecular flexibility index (Phi) is 3.54. The van der Waals surface area contributed by atoms with Gasteiger partial charge in [-0.2, -0.15) is 0 Å². The zero-order chi connectivity index (χ0) is 11.4. The van der Waals surface area contributed by atoms with E-state index < -0.39 is 0 Å². The number of hydrogen-bond donors (Lipinski definition) is 1. The average Bonchev–Trinajstić information content (AvgIpc) is 2.80. The molecule has 2 rings (SSSR count). The number of aromatic nitrogens is 1. The fourth-order valence-electron chi connectivity index (χ4n) is 1.44. The number of rotatable bonds is 4. The first-order valence-electron chi connectivity index (χ1n) is 5.01. The van der Waals surface area contributed by atoms with Crippen LogP contribution in [0, 0.1) is 6.92 Å². The Morgan fingerprint density at radius 1 is 1.44 bits per heavy atom. The van der Waals surface area contributed by atoms with Gasteiger partial charge in [-0.3, -0.25) is 0 Å². The molecular formula is C12H13NO2S. The first-order chi connectivity index (χ1) is 7.79. The van der Waals surface area contributed by atoms with Crippen molar-refractivity contribution in [3.8, 4) is 5.75 Å². The lowest BCUT2D eigenvalue weighted by Gasteiger charge is -2.09. The SMILES string of the molecule is Cc1ccc(OCc2nccs2)c(CO)c1. The summed E-state index contributed by atoms with van der Waals surface area (Å²) < 4.78 is 5.62. The van der Waals surface area contributed by atoms with Crippen LogP contribution in [-0.4, -0.2) is 10.1 Å². The quantitative estimate of drug-likeness (QED) is 0.885. The Morgan fingerprint density at radius 2 is 2.31 bits per heavy atom. The van der Waals surface area contributed by atoms with Crippen molar-refractivity contribution in [2.75, 3.05) is 0 Å². The average molecular weight is 235 g/mol. The number of aliphatic hydroxyl groups is 1. The van der Waals surface area contributed by atoms with Crippen molar-refractivity contribution in [3.05, 3.63) is 45.9 Å². The number of aliphatic hydroxyl groups excluding tert-OH is 1. The normalized spacial score (nSPS) is 10.4. The predicted molar refractivity (Wildman–Crippen MR) is 63.5 cm³/mol. The summed E-state index contributed by atoms with van der Waals surface area (Å²) >= 11 is 1.56. The molecule has 0 aliphatic rings. The van der Waals surface area contributed by atoms with Gasteiger partial charge in [-0.15, -0.1) is 11.3 Å². The van der Waals surface area contributed by atoms with Gasteiger partial charge in [0.15, 0.2) is 0 Å². The van der Waals surface area contributed by atoms with Crippen LogP contribution in [0.3, 0.4) is 0 Å². The van der Waals surface area contributed by atoms with E-state index in [1.165, 1.54) is 0 Å². The maximum atomic E-state index is 9.21. The molecule has 84 valence electrons. The number of nitrogens with zero attached hydrogens (tertiary/aromatic N) is 1. The highest BCUT2D eigenvalue weighted by molar-refractivity contribution is 7.09. The molecule has 4 heteroatoms. The van der Waals surface area contributed by atoms with Gasteiger partial charge in [0.1, 0.15) is 17.4 Å². The van der Waals surface area contributed by atoms with Crippen LogP contribution in [0.2, 0.25) is 0 Å². The molecule has 0 amide bonds. The second kappa shape index (κ2) is 5.09. The Morgan fingerprint density at radius 3 is 3.00 bits per heavy atom. The maximum Gasteiger partial charge on any atom is 0.140 e. The fourth-order valence-corrected chi connectivity index (χ4v) is 1.96. The number of thiazole rings is 1. The van der Waals surface area contributed by atoms with Gasteiger partial charge in [-0.05, 0) is 13.0 Å². The smallest absolute Gasteiger partial charge is 0.140 e. The summed E-state index contributed by atoms with van der Waals surface area (Å²) in [5.41, 5.74) is 1.93. The first kappa shape index (κ1) is 11.1. The summed E-state index contributed by atoms with van der Waals surface area (Å²) in [6.45, 7) is 2.44. The summed E-state index contributed by atoms with van der Waals surface area (Å²) in [6, 6.07) is 5.78. The van der Waals surface area contributed by atoms with E-state index in [0.29, 0.717) is 6.61 Å². The van der Waals surface area contributed by atoms with Crippen LogP contribution in [0.5, 0.6) is 5.75 Å². The van der Waals surface area contributed by atoms with Crippen molar-refractivity contribution in [3.63, 3.8) is 0 Å². The molecule has 3 nitrogen and oxygen atoms in total. The Bertz CT molecular complexity index is 454. The summed E-state index contributed by atoms with van der Waals surface area (Å²) in [6.07, 6.45) is 1.76. The molecule has 16 heavy (non-hydrogen) atoms. The van der Waals surface area contributed by atoms with E-state index in [1.807, 2.05) is 30.5 Å². The van der Waals surface area contributed by atoms with Gasteiger partial charge in [-0.1, -0.05) is 17.7 Å². The zero-order valence-corrected chi connectivity index (χ0v) is 9.83. The molecule has 2 aromatic rings. The molecule has 1 aromatic carbocycles. The highest BCUT2D eigenvalue weighted by atomic mass is 32.1. The van der Waals surface area contributed by atoms with E-state index in [1.54, 1.807) is 17.5 Å². The third-order valence-electron chi connectivity index (χ3n) is 2.22. The second-order valence-corrected chi connectivity index (χ2v) is 4.46. The summed E-state index contributed by atoms with van der Waals surface area (Å²) in [7, 11) is 0. The number of benzene rings is 1. The molecule has 1 aromatic heterocycles. The van der Waals surface area contributed by atoms with Crippen LogP contribution < -0.4 is 4.74 Å². The van der Waals surface area contributed by atoms with Gasteiger partial charge in [-0.25, -0.2) is 4.98 Å². The van der Waals surface area contributed by atoms with E-state index in [4.69, 9.17) is 4.74 Å². The topological polar surface area (TPSA) is 42.4 Å². The highest BCUT2D eigenvalue weighted by Crippen LogP contribution is 2.21. The van der Waals surface area contributed by atoms with Crippen LogP contribution in [0.1, 0.15) is 16.1 Å². The lowest BCUT2D eigenvalue weighted by molar-refractivity contribution is 0.258. The van der Waals surface area contributed by atoms with Crippen LogP contribution in [0.4, 0.5) is 0 Å². The van der Waals surface area contributed by atoms with E-state index in [-0.39, 0.29) is 6.61 Å².